The molecule has 1 heterocycles. The van der Waals surface area contributed by atoms with Gasteiger partial charge in [0.25, 0.3) is 0 Å². The number of nitrogens with zero attached hydrogens (tertiary/aromatic N) is 1. The first-order chi connectivity index (χ1) is 14.9. The first kappa shape index (κ1) is 23.1. The molecule has 31 heavy (non-hydrogen) atoms. The van der Waals surface area contributed by atoms with Crippen LogP contribution in [0.3, 0.4) is 0 Å². The van der Waals surface area contributed by atoms with E-state index < -0.39 is 15.4 Å². The molecule has 1 atom stereocenters. The van der Waals surface area contributed by atoms with E-state index in [0.29, 0.717) is 37.3 Å². The SMILES string of the molecule is CCOC(=O)C1(Cc2ccccc2)CCCN(S(=O)(=O)c2ccc(OC)c(OC)c2)C1. The maximum absolute atomic E-state index is 13.5. The van der Waals surface area contributed by atoms with Crippen LogP contribution in [-0.4, -0.2) is 52.6 Å². The van der Waals surface area contributed by atoms with E-state index in [-0.39, 0.29) is 24.0 Å². The van der Waals surface area contributed by atoms with Crippen molar-refractivity contribution >= 4 is 16.0 Å². The molecule has 3 rings (SSSR count). The Labute approximate surface area is 184 Å². The number of piperidine rings is 1. The van der Waals surface area contributed by atoms with E-state index in [9.17, 15) is 13.2 Å². The van der Waals surface area contributed by atoms with Crippen molar-refractivity contribution in [1.82, 2.24) is 4.31 Å². The summed E-state index contributed by atoms with van der Waals surface area (Å²) in [6.45, 7) is 2.41. The zero-order valence-electron chi connectivity index (χ0n) is 18.2. The second-order valence-electron chi connectivity index (χ2n) is 7.62. The van der Waals surface area contributed by atoms with E-state index in [0.717, 1.165) is 5.56 Å². The summed E-state index contributed by atoms with van der Waals surface area (Å²) in [5, 5.41) is 0. The highest BCUT2D eigenvalue weighted by molar-refractivity contribution is 7.89. The van der Waals surface area contributed by atoms with Crippen LogP contribution in [0.15, 0.2) is 53.4 Å². The molecule has 2 aromatic rings. The summed E-state index contributed by atoms with van der Waals surface area (Å²) in [5.41, 5.74) is 0.0418. The predicted molar refractivity (Wildman–Crippen MR) is 117 cm³/mol. The minimum Gasteiger partial charge on any atom is -0.493 e. The summed E-state index contributed by atoms with van der Waals surface area (Å²) >= 11 is 0. The number of benzene rings is 2. The van der Waals surface area contributed by atoms with Crippen LogP contribution >= 0.6 is 0 Å². The van der Waals surface area contributed by atoms with E-state index in [1.807, 2.05) is 30.3 Å². The predicted octanol–water partition coefficient (Wildman–Crippen LogP) is 3.28. The maximum atomic E-state index is 13.5. The van der Waals surface area contributed by atoms with Crippen molar-refractivity contribution in [3.05, 3.63) is 54.1 Å². The first-order valence-corrected chi connectivity index (χ1v) is 11.7. The van der Waals surface area contributed by atoms with Gasteiger partial charge in [-0.3, -0.25) is 4.79 Å². The first-order valence-electron chi connectivity index (χ1n) is 10.3. The van der Waals surface area contributed by atoms with Crippen molar-refractivity contribution < 1.29 is 27.4 Å². The van der Waals surface area contributed by atoms with Gasteiger partial charge in [0.05, 0.1) is 31.1 Å². The Morgan fingerprint density at radius 2 is 1.77 bits per heavy atom. The third-order valence-electron chi connectivity index (χ3n) is 5.63. The fraction of sp³-hybridized carbons (Fsp3) is 0.435. The normalized spacial score (nSPS) is 19.6. The van der Waals surface area contributed by atoms with E-state index in [1.165, 1.54) is 30.7 Å². The molecule has 1 aliphatic heterocycles. The van der Waals surface area contributed by atoms with Crippen LogP contribution in [0, 0.1) is 5.41 Å². The number of carbonyl (C=O) groups excluding carboxylic acids is 1. The largest absolute Gasteiger partial charge is 0.493 e. The highest BCUT2D eigenvalue weighted by atomic mass is 32.2. The van der Waals surface area contributed by atoms with Gasteiger partial charge in [0.2, 0.25) is 10.0 Å². The van der Waals surface area contributed by atoms with Gasteiger partial charge in [0.15, 0.2) is 11.5 Å². The number of ether oxygens (including phenoxy) is 3. The van der Waals surface area contributed by atoms with E-state index in [4.69, 9.17) is 14.2 Å². The van der Waals surface area contributed by atoms with Crippen LogP contribution in [0.25, 0.3) is 0 Å². The van der Waals surface area contributed by atoms with Crippen molar-refractivity contribution in [1.29, 1.82) is 0 Å². The van der Waals surface area contributed by atoms with Crippen molar-refractivity contribution in [2.45, 2.75) is 31.1 Å². The third kappa shape index (κ3) is 4.85. The molecule has 1 fully saturated rings. The maximum Gasteiger partial charge on any atom is 0.313 e. The fourth-order valence-electron chi connectivity index (χ4n) is 4.07. The lowest BCUT2D eigenvalue weighted by molar-refractivity contribution is -0.157. The smallest absolute Gasteiger partial charge is 0.313 e. The van der Waals surface area contributed by atoms with E-state index in [1.54, 1.807) is 13.0 Å². The summed E-state index contributed by atoms with van der Waals surface area (Å²) < 4.78 is 44.2. The van der Waals surface area contributed by atoms with Crippen LogP contribution in [0.5, 0.6) is 11.5 Å². The Morgan fingerprint density at radius 3 is 2.42 bits per heavy atom. The molecule has 1 unspecified atom stereocenters. The molecular weight excluding hydrogens is 418 g/mol. The molecule has 0 amide bonds. The van der Waals surface area contributed by atoms with Crippen LogP contribution < -0.4 is 9.47 Å². The van der Waals surface area contributed by atoms with Crippen molar-refractivity contribution in [3.63, 3.8) is 0 Å². The average molecular weight is 448 g/mol. The van der Waals surface area contributed by atoms with Crippen molar-refractivity contribution in [2.75, 3.05) is 33.9 Å². The molecule has 0 bridgehead atoms. The lowest BCUT2D eigenvalue weighted by Gasteiger charge is -2.40. The number of sulfonamides is 1. The summed E-state index contributed by atoms with van der Waals surface area (Å²) in [6.07, 6.45) is 1.56. The van der Waals surface area contributed by atoms with Gasteiger partial charge in [-0.15, -0.1) is 0 Å². The molecule has 1 aliphatic rings. The van der Waals surface area contributed by atoms with Gasteiger partial charge in [-0.1, -0.05) is 30.3 Å². The molecule has 0 aromatic heterocycles. The van der Waals surface area contributed by atoms with Crippen LogP contribution in [-0.2, 0) is 26.0 Å². The number of hydrogen-bond donors (Lipinski definition) is 0. The molecule has 168 valence electrons. The van der Waals surface area contributed by atoms with Gasteiger partial charge in [0.1, 0.15) is 0 Å². The van der Waals surface area contributed by atoms with Crippen molar-refractivity contribution in [2.24, 2.45) is 5.41 Å². The molecule has 0 saturated carbocycles. The Bertz CT molecular complexity index is 1010. The molecular formula is C23H29NO6S. The summed E-state index contributed by atoms with van der Waals surface area (Å²) in [6, 6.07) is 14.1. The zero-order valence-corrected chi connectivity index (χ0v) is 19.0. The molecule has 1 saturated heterocycles. The second-order valence-corrected chi connectivity index (χ2v) is 9.56. The van der Waals surface area contributed by atoms with Crippen LogP contribution in [0.2, 0.25) is 0 Å². The van der Waals surface area contributed by atoms with Gasteiger partial charge >= 0.3 is 5.97 Å². The lowest BCUT2D eigenvalue weighted by atomic mass is 9.75. The second kappa shape index (κ2) is 9.70. The van der Waals surface area contributed by atoms with Gasteiger partial charge in [-0.05, 0) is 43.9 Å². The summed E-state index contributed by atoms with van der Waals surface area (Å²) in [7, 11) is -0.888. The fourth-order valence-corrected chi connectivity index (χ4v) is 5.66. The molecule has 0 radical (unpaired) electrons. The molecule has 0 spiro atoms. The molecule has 2 aromatic carbocycles. The van der Waals surface area contributed by atoms with Gasteiger partial charge < -0.3 is 14.2 Å². The minimum absolute atomic E-state index is 0.0669. The number of hydrogen-bond acceptors (Lipinski definition) is 6. The van der Waals surface area contributed by atoms with Crippen LogP contribution in [0.1, 0.15) is 25.3 Å². The molecule has 8 heteroatoms. The Hall–Kier alpha value is -2.58. The van der Waals surface area contributed by atoms with Gasteiger partial charge in [-0.2, -0.15) is 4.31 Å². The molecule has 0 aliphatic carbocycles. The summed E-state index contributed by atoms with van der Waals surface area (Å²) in [5.74, 6) is 0.428. The monoisotopic (exact) mass is 447 g/mol. The van der Waals surface area contributed by atoms with Gasteiger partial charge in [-0.25, -0.2) is 8.42 Å². The van der Waals surface area contributed by atoms with Gasteiger partial charge in [0, 0.05) is 19.2 Å². The minimum atomic E-state index is -3.84. The number of esters is 1. The zero-order chi connectivity index (χ0) is 22.5. The Balaban J connectivity index is 1.95. The Kier molecular flexibility index (Phi) is 7.23. The quantitative estimate of drug-likeness (QED) is 0.578. The standard InChI is InChI=1S/C23H29NO6S/c1-4-30-22(25)23(16-18-9-6-5-7-10-18)13-8-14-24(17-23)31(26,27)19-11-12-20(28-2)21(15-19)29-3/h5-7,9-12,15H,4,8,13-14,16-17H2,1-3H3. The highest BCUT2D eigenvalue weighted by Gasteiger charge is 2.46. The Morgan fingerprint density at radius 1 is 1.06 bits per heavy atom. The third-order valence-corrected chi connectivity index (χ3v) is 7.47. The van der Waals surface area contributed by atoms with E-state index in [2.05, 4.69) is 0 Å². The van der Waals surface area contributed by atoms with Crippen molar-refractivity contribution in [3.8, 4) is 11.5 Å². The summed E-state index contributed by atoms with van der Waals surface area (Å²) in [4.78, 5) is 13.1. The highest BCUT2D eigenvalue weighted by Crippen LogP contribution is 2.38. The topological polar surface area (TPSA) is 82.1 Å². The number of rotatable bonds is 8. The average Bonchev–Trinajstić information content (AvgIpc) is 2.79. The number of methoxy groups -OCH3 is 2. The molecule has 7 nitrogen and oxygen atoms in total. The van der Waals surface area contributed by atoms with E-state index >= 15 is 0 Å². The number of carbonyl (C=O) groups is 1. The molecule has 0 N–H and O–H groups in total. The van der Waals surface area contributed by atoms with Crippen LogP contribution in [0.4, 0.5) is 0 Å². The lowest BCUT2D eigenvalue weighted by Crippen LogP contribution is -2.51.